The number of ether oxygens (including phenoxy) is 1. The Morgan fingerprint density at radius 1 is 1.34 bits per heavy atom. The molecule has 0 bridgehead atoms. The average molecular weight is 410 g/mol. The van der Waals surface area contributed by atoms with Crippen molar-refractivity contribution < 1.29 is 9.53 Å². The topological polar surface area (TPSA) is 80.2 Å². The Hall–Kier alpha value is -3.00. The van der Waals surface area contributed by atoms with Crippen molar-refractivity contribution in [2.24, 2.45) is 5.92 Å². The van der Waals surface area contributed by atoms with Crippen LogP contribution < -0.4 is 15.0 Å². The van der Waals surface area contributed by atoms with Crippen LogP contribution in [0.3, 0.4) is 0 Å². The van der Waals surface area contributed by atoms with Crippen molar-refractivity contribution in [1.29, 1.82) is 0 Å². The molecule has 4 rings (SSSR count). The second-order valence-electron chi connectivity index (χ2n) is 7.08. The zero-order valence-electron chi connectivity index (χ0n) is 16.5. The van der Waals surface area contributed by atoms with Gasteiger partial charge >= 0.3 is 0 Å². The Morgan fingerprint density at radius 2 is 2.24 bits per heavy atom. The lowest BCUT2D eigenvalue weighted by Gasteiger charge is -2.32. The summed E-state index contributed by atoms with van der Waals surface area (Å²) in [6.45, 7) is 3.55. The fourth-order valence-electron chi connectivity index (χ4n) is 3.54. The van der Waals surface area contributed by atoms with Gasteiger partial charge in [-0.3, -0.25) is 9.78 Å². The predicted octanol–water partition coefficient (Wildman–Crippen LogP) is 3.77. The molecule has 1 aliphatic rings. The molecular formula is C21H23N5O2S. The first-order chi connectivity index (χ1) is 14.1. The normalized spacial score (nSPS) is 16.5. The number of rotatable bonds is 5. The summed E-state index contributed by atoms with van der Waals surface area (Å²) in [6.07, 6.45) is 6.87. The number of methoxy groups -OCH3 is 1. The summed E-state index contributed by atoms with van der Waals surface area (Å²) in [7, 11) is 1.65. The highest BCUT2D eigenvalue weighted by Crippen LogP contribution is 2.33. The van der Waals surface area contributed by atoms with Gasteiger partial charge in [0.2, 0.25) is 5.91 Å². The summed E-state index contributed by atoms with van der Waals surface area (Å²) in [4.78, 5) is 28.0. The van der Waals surface area contributed by atoms with E-state index in [0.717, 1.165) is 47.8 Å². The van der Waals surface area contributed by atoms with E-state index in [2.05, 4.69) is 25.2 Å². The van der Waals surface area contributed by atoms with Gasteiger partial charge in [-0.05, 0) is 31.9 Å². The summed E-state index contributed by atoms with van der Waals surface area (Å²) >= 11 is 1.42. The third kappa shape index (κ3) is 4.37. The first kappa shape index (κ1) is 19.3. The fraction of sp³-hybridized carbons (Fsp3) is 0.333. The van der Waals surface area contributed by atoms with E-state index in [9.17, 15) is 4.79 Å². The quantitative estimate of drug-likeness (QED) is 0.691. The van der Waals surface area contributed by atoms with Crippen LogP contribution in [0.1, 0.15) is 18.4 Å². The molecule has 1 aromatic carbocycles. The van der Waals surface area contributed by atoms with Gasteiger partial charge in [0.25, 0.3) is 0 Å². The van der Waals surface area contributed by atoms with Crippen molar-refractivity contribution in [2.45, 2.75) is 19.8 Å². The Bertz CT molecular complexity index is 992. The number of aromatic nitrogens is 3. The highest BCUT2D eigenvalue weighted by atomic mass is 32.1. The number of nitrogens with zero attached hydrogens (tertiary/aromatic N) is 4. The lowest BCUT2D eigenvalue weighted by atomic mass is 9.97. The number of carbonyl (C=O) groups is 1. The van der Waals surface area contributed by atoms with E-state index in [0.29, 0.717) is 11.7 Å². The van der Waals surface area contributed by atoms with Crippen molar-refractivity contribution in [1.82, 2.24) is 15.0 Å². The Kier molecular flexibility index (Phi) is 5.71. The van der Waals surface area contributed by atoms with Gasteiger partial charge in [0.1, 0.15) is 11.6 Å². The SMILES string of the molecule is COc1ccc(C)cc1-c1csc(NC(=O)C2CCCN(c3cnccn3)C2)n1. The van der Waals surface area contributed by atoms with E-state index in [-0.39, 0.29) is 11.8 Å². The maximum absolute atomic E-state index is 12.8. The Labute approximate surface area is 173 Å². The second kappa shape index (κ2) is 8.57. The average Bonchev–Trinajstić information content (AvgIpc) is 3.22. The van der Waals surface area contributed by atoms with Crippen molar-refractivity contribution >= 4 is 28.2 Å². The van der Waals surface area contributed by atoms with Gasteiger partial charge in [-0.15, -0.1) is 11.3 Å². The van der Waals surface area contributed by atoms with E-state index in [1.54, 1.807) is 25.7 Å². The summed E-state index contributed by atoms with van der Waals surface area (Å²) in [5, 5.41) is 5.54. The van der Waals surface area contributed by atoms with E-state index < -0.39 is 0 Å². The lowest BCUT2D eigenvalue weighted by molar-refractivity contribution is -0.120. The van der Waals surface area contributed by atoms with Crippen molar-refractivity contribution in [3.05, 3.63) is 47.7 Å². The van der Waals surface area contributed by atoms with E-state index in [4.69, 9.17) is 4.74 Å². The molecule has 1 fully saturated rings. The maximum Gasteiger partial charge on any atom is 0.231 e. The second-order valence-corrected chi connectivity index (χ2v) is 7.94. The van der Waals surface area contributed by atoms with Crippen LogP contribution in [-0.4, -0.2) is 41.1 Å². The molecule has 1 aliphatic heterocycles. The van der Waals surface area contributed by atoms with Crippen LogP contribution in [0.2, 0.25) is 0 Å². The van der Waals surface area contributed by atoms with Gasteiger partial charge < -0.3 is 15.0 Å². The molecule has 1 N–H and O–H groups in total. The first-order valence-corrected chi connectivity index (χ1v) is 10.4. The minimum atomic E-state index is -0.105. The van der Waals surface area contributed by atoms with Gasteiger partial charge in [0.15, 0.2) is 5.13 Å². The number of amides is 1. The molecule has 29 heavy (non-hydrogen) atoms. The van der Waals surface area contributed by atoms with E-state index >= 15 is 0 Å². The molecule has 0 saturated carbocycles. The highest BCUT2D eigenvalue weighted by Gasteiger charge is 2.27. The molecule has 3 heterocycles. The molecule has 7 nitrogen and oxygen atoms in total. The number of nitrogens with one attached hydrogen (secondary N) is 1. The third-order valence-electron chi connectivity index (χ3n) is 5.03. The summed E-state index contributed by atoms with van der Waals surface area (Å²) in [5.74, 6) is 1.47. The predicted molar refractivity (Wildman–Crippen MR) is 114 cm³/mol. The van der Waals surface area contributed by atoms with E-state index in [1.165, 1.54) is 11.3 Å². The van der Waals surface area contributed by atoms with Crippen LogP contribution in [0, 0.1) is 12.8 Å². The van der Waals surface area contributed by atoms with Gasteiger partial charge in [-0.2, -0.15) is 0 Å². The smallest absolute Gasteiger partial charge is 0.231 e. The van der Waals surface area contributed by atoms with Gasteiger partial charge in [-0.1, -0.05) is 11.6 Å². The summed E-state index contributed by atoms with van der Waals surface area (Å²) < 4.78 is 5.45. The Balaban J connectivity index is 1.45. The van der Waals surface area contributed by atoms with Gasteiger partial charge in [-0.25, -0.2) is 9.97 Å². The molecule has 0 spiro atoms. The van der Waals surface area contributed by atoms with Gasteiger partial charge in [0.05, 0.1) is 24.9 Å². The zero-order valence-corrected chi connectivity index (χ0v) is 17.3. The van der Waals surface area contributed by atoms with Crippen LogP contribution >= 0.6 is 11.3 Å². The third-order valence-corrected chi connectivity index (χ3v) is 5.79. The van der Waals surface area contributed by atoms with Crippen LogP contribution in [-0.2, 0) is 4.79 Å². The Morgan fingerprint density at radius 3 is 3.03 bits per heavy atom. The molecule has 150 valence electrons. The van der Waals surface area contributed by atoms with Crippen LogP contribution in [0.4, 0.5) is 10.9 Å². The molecular weight excluding hydrogens is 386 g/mol. The van der Waals surface area contributed by atoms with E-state index in [1.807, 2.05) is 30.5 Å². The number of anilines is 2. The lowest BCUT2D eigenvalue weighted by Crippen LogP contribution is -2.41. The molecule has 1 amide bonds. The number of hydrogen-bond donors (Lipinski definition) is 1. The molecule has 2 aromatic heterocycles. The molecule has 1 saturated heterocycles. The van der Waals surface area contributed by atoms with Crippen LogP contribution in [0.25, 0.3) is 11.3 Å². The molecule has 0 aliphatic carbocycles. The van der Waals surface area contributed by atoms with Crippen LogP contribution in [0.5, 0.6) is 5.75 Å². The number of aryl methyl sites for hydroxylation is 1. The molecule has 8 heteroatoms. The van der Waals surface area contributed by atoms with Crippen molar-refractivity contribution in [3.8, 4) is 17.0 Å². The largest absolute Gasteiger partial charge is 0.496 e. The highest BCUT2D eigenvalue weighted by molar-refractivity contribution is 7.14. The number of piperidine rings is 1. The van der Waals surface area contributed by atoms with Crippen molar-refractivity contribution in [3.63, 3.8) is 0 Å². The molecule has 3 aromatic rings. The summed E-state index contributed by atoms with van der Waals surface area (Å²) in [6, 6.07) is 5.98. The number of thiazole rings is 1. The summed E-state index contributed by atoms with van der Waals surface area (Å²) in [5.41, 5.74) is 2.86. The van der Waals surface area contributed by atoms with Crippen LogP contribution in [0.15, 0.2) is 42.2 Å². The first-order valence-electron chi connectivity index (χ1n) is 9.56. The maximum atomic E-state index is 12.8. The number of carbonyl (C=O) groups excluding carboxylic acids is 1. The monoisotopic (exact) mass is 409 g/mol. The zero-order chi connectivity index (χ0) is 20.2. The molecule has 1 atom stereocenters. The number of benzene rings is 1. The van der Waals surface area contributed by atoms with Crippen molar-refractivity contribution in [2.75, 3.05) is 30.4 Å². The number of hydrogen-bond acceptors (Lipinski definition) is 7. The fourth-order valence-corrected chi connectivity index (χ4v) is 4.25. The van der Waals surface area contributed by atoms with Gasteiger partial charge in [0, 0.05) is 36.4 Å². The minimum Gasteiger partial charge on any atom is -0.496 e. The standard InChI is InChI=1S/C21H23N5O2S/c1-14-5-6-18(28-2)16(10-14)17-13-29-21(24-17)25-20(27)15-4-3-9-26(12-15)19-11-22-7-8-23-19/h5-8,10-11,13,15H,3-4,9,12H2,1-2H3,(H,24,25,27). The minimum absolute atomic E-state index is 0.00398. The molecule has 0 radical (unpaired) electrons. The molecule has 1 unspecified atom stereocenters.